The molecule has 0 atom stereocenters. The number of imidazole rings is 1. The molecular formula is C51H40N4O. The zero-order valence-electron chi connectivity index (χ0n) is 31.9. The fraction of sp³-hybridized carbons (Fsp3) is 0.0980. The number of rotatable bonds is 5. The smallest absolute Gasteiger partial charge is 0.244 e. The van der Waals surface area contributed by atoms with E-state index in [1.165, 1.54) is 10.9 Å². The van der Waals surface area contributed by atoms with Crippen molar-refractivity contribution in [3.63, 3.8) is 0 Å². The van der Waals surface area contributed by atoms with Crippen molar-refractivity contribution in [3.05, 3.63) is 193 Å². The summed E-state index contributed by atoms with van der Waals surface area (Å²) in [6, 6.07) is 53.6. The molecule has 6 aromatic carbocycles. The minimum absolute atomic E-state index is 0.0196. The van der Waals surface area contributed by atoms with Gasteiger partial charge in [0.1, 0.15) is 17.3 Å². The minimum atomic E-state index is -0.0196. The van der Waals surface area contributed by atoms with E-state index in [2.05, 4.69) is 212 Å². The van der Waals surface area contributed by atoms with Crippen molar-refractivity contribution < 1.29 is 9.30 Å². The summed E-state index contributed by atoms with van der Waals surface area (Å²) in [7, 11) is 2.05. The summed E-state index contributed by atoms with van der Waals surface area (Å²) in [6.07, 6.45) is 9.91. The standard InChI is InChI=1S/C51H40N4O/c1-51(2,3)36-27-28-52-49(30-36)55-44-22-11-10-19-41(44)42-26-25-37(31-47(42)55)56-38-29-35-17-8-9-18-39(35)43-21-14-20-40(34-15-6-5-7-16-34)50(43)48(32-38)54-33-53(4)45-23-12-13-24-46(45)54/h5-32H,1-4H3/b35-29?,38-29+,38-32?,43-39?,48-32?,50-48?. The molecule has 0 spiro atoms. The first-order chi connectivity index (χ1) is 27.3. The van der Waals surface area contributed by atoms with Crippen LogP contribution in [0.25, 0.3) is 72.7 Å². The highest BCUT2D eigenvalue weighted by Gasteiger charge is 2.24. The van der Waals surface area contributed by atoms with Crippen LogP contribution in [-0.2, 0) is 12.5 Å². The van der Waals surface area contributed by atoms with Gasteiger partial charge in [-0.1, -0.05) is 136 Å². The van der Waals surface area contributed by atoms with Gasteiger partial charge in [0.25, 0.3) is 0 Å². The van der Waals surface area contributed by atoms with Crippen LogP contribution in [-0.4, -0.2) is 14.1 Å². The van der Waals surface area contributed by atoms with Gasteiger partial charge in [-0.2, -0.15) is 0 Å². The molecule has 270 valence electrons. The third-order valence-electron chi connectivity index (χ3n) is 10.9. The molecule has 1 aliphatic rings. The number of benzene rings is 6. The van der Waals surface area contributed by atoms with Gasteiger partial charge >= 0.3 is 0 Å². The molecule has 1 aliphatic carbocycles. The molecule has 0 aliphatic heterocycles. The monoisotopic (exact) mass is 724 g/mol. The molecule has 0 radical (unpaired) electrons. The highest BCUT2D eigenvalue weighted by Crippen LogP contribution is 2.41. The molecule has 0 saturated heterocycles. The van der Waals surface area contributed by atoms with Crippen LogP contribution in [0.3, 0.4) is 0 Å². The molecule has 0 amide bonds. The lowest BCUT2D eigenvalue weighted by molar-refractivity contribution is -0.556. The number of aryl methyl sites for hydroxylation is 1. The summed E-state index contributed by atoms with van der Waals surface area (Å²) in [5.74, 6) is 2.33. The molecule has 56 heavy (non-hydrogen) atoms. The molecule has 3 aromatic heterocycles. The summed E-state index contributed by atoms with van der Waals surface area (Å²) >= 11 is 0. The first kappa shape index (κ1) is 33.6. The molecule has 0 unspecified atom stereocenters. The van der Waals surface area contributed by atoms with Crippen LogP contribution in [0, 0.1) is 6.33 Å². The van der Waals surface area contributed by atoms with Crippen LogP contribution < -0.4 is 9.30 Å². The first-order valence-electron chi connectivity index (χ1n) is 19.1. The van der Waals surface area contributed by atoms with E-state index in [-0.39, 0.29) is 5.41 Å². The number of pyridine rings is 1. The number of fused-ring (bicyclic) bond motifs is 7. The summed E-state index contributed by atoms with van der Waals surface area (Å²) < 4.78 is 13.6. The van der Waals surface area contributed by atoms with E-state index in [4.69, 9.17) is 9.72 Å². The number of nitrogens with zero attached hydrogens (tertiary/aromatic N) is 4. The zero-order chi connectivity index (χ0) is 38.0. The number of allylic oxidation sites excluding steroid dienone is 1. The van der Waals surface area contributed by atoms with Gasteiger partial charge in [0.2, 0.25) is 6.33 Å². The van der Waals surface area contributed by atoms with Crippen LogP contribution in [0.15, 0.2) is 170 Å². The maximum absolute atomic E-state index is 7.07. The highest BCUT2D eigenvalue weighted by atomic mass is 16.5. The minimum Gasteiger partial charge on any atom is -0.458 e. The maximum atomic E-state index is 7.07. The third-order valence-corrected chi connectivity index (χ3v) is 10.9. The Morgan fingerprint density at radius 1 is 0.625 bits per heavy atom. The molecule has 10 rings (SSSR count). The quantitative estimate of drug-likeness (QED) is 0.131. The van der Waals surface area contributed by atoms with E-state index in [0.29, 0.717) is 5.76 Å². The maximum Gasteiger partial charge on any atom is 0.244 e. The largest absolute Gasteiger partial charge is 0.458 e. The Labute approximate surface area is 326 Å². The number of hydrogen-bond donors (Lipinski definition) is 0. The Bertz CT molecular complexity index is 3050. The van der Waals surface area contributed by atoms with Gasteiger partial charge < -0.3 is 13.9 Å². The Balaban J connectivity index is 1.21. The average Bonchev–Trinajstić information content (AvgIpc) is 3.73. The Morgan fingerprint density at radius 2 is 1.34 bits per heavy atom. The molecule has 0 saturated carbocycles. The fourth-order valence-corrected chi connectivity index (χ4v) is 8.20. The van der Waals surface area contributed by atoms with Crippen molar-refractivity contribution in [1.29, 1.82) is 0 Å². The van der Waals surface area contributed by atoms with Crippen LogP contribution in [0.5, 0.6) is 5.75 Å². The van der Waals surface area contributed by atoms with E-state index in [9.17, 15) is 0 Å². The van der Waals surface area contributed by atoms with Crippen LogP contribution in [0.2, 0.25) is 0 Å². The second-order valence-electron chi connectivity index (χ2n) is 15.5. The summed E-state index contributed by atoms with van der Waals surface area (Å²) in [5, 5.41) is 2.32. The lowest BCUT2D eigenvalue weighted by atomic mass is 9.86. The Morgan fingerprint density at radius 3 is 2.20 bits per heavy atom. The topological polar surface area (TPSA) is 35.9 Å². The molecule has 5 nitrogen and oxygen atoms in total. The highest BCUT2D eigenvalue weighted by molar-refractivity contribution is 6.09. The van der Waals surface area contributed by atoms with Gasteiger partial charge in [-0.3, -0.25) is 4.57 Å². The van der Waals surface area contributed by atoms with E-state index in [1.54, 1.807) is 0 Å². The summed E-state index contributed by atoms with van der Waals surface area (Å²) in [6.45, 7) is 6.71. The second kappa shape index (κ2) is 13.1. The molecule has 3 heterocycles. The van der Waals surface area contributed by atoms with E-state index >= 15 is 0 Å². The number of para-hydroxylation sites is 3. The van der Waals surface area contributed by atoms with Crippen molar-refractivity contribution in [2.75, 3.05) is 0 Å². The molecule has 9 aromatic rings. The molecular weight excluding hydrogens is 685 g/mol. The van der Waals surface area contributed by atoms with Gasteiger partial charge in [0.05, 0.1) is 34.8 Å². The Kier molecular flexibility index (Phi) is 7.86. The second-order valence-corrected chi connectivity index (χ2v) is 15.5. The van der Waals surface area contributed by atoms with E-state index in [0.717, 1.165) is 78.1 Å². The van der Waals surface area contributed by atoms with Gasteiger partial charge in [-0.25, -0.2) is 4.98 Å². The molecule has 0 bridgehead atoms. The van der Waals surface area contributed by atoms with E-state index < -0.39 is 0 Å². The average molecular weight is 725 g/mol. The van der Waals surface area contributed by atoms with Crippen LogP contribution in [0.1, 0.15) is 37.5 Å². The van der Waals surface area contributed by atoms with Crippen LogP contribution in [0.4, 0.5) is 0 Å². The first-order valence-corrected chi connectivity index (χ1v) is 19.1. The predicted octanol–water partition coefficient (Wildman–Crippen LogP) is 11.7. The molecule has 5 heteroatoms. The normalized spacial score (nSPS) is 13.8. The number of ether oxygens (including phenoxy) is 1. The van der Waals surface area contributed by atoms with Crippen molar-refractivity contribution in [3.8, 4) is 33.8 Å². The summed E-state index contributed by atoms with van der Waals surface area (Å²) in [5.41, 5.74) is 13.2. The van der Waals surface area contributed by atoms with Crippen molar-refractivity contribution in [2.24, 2.45) is 7.05 Å². The third kappa shape index (κ3) is 5.63. The molecule has 0 N–H and O–H groups in total. The summed E-state index contributed by atoms with van der Waals surface area (Å²) in [4.78, 5) is 4.91. The fourth-order valence-electron chi connectivity index (χ4n) is 8.20. The SMILES string of the molecule is Cn1[c-][n+](C2=C/C(Oc3ccc4c5ccccc5n(-c5cc(C(C)(C)C)ccn5)c4c3)=C\c3ccccc3-c3cccc(-c4ccccc4)c32)c2ccccc21. The van der Waals surface area contributed by atoms with Gasteiger partial charge in [0, 0.05) is 23.0 Å². The molecule has 0 fully saturated rings. The number of hydrogen-bond acceptors (Lipinski definition) is 2. The lowest BCUT2D eigenvalue weighted by Crippen LogP contribution is -2.33. The van der Waals surface area contributed by atoms with Gasteiger partial charge in [0.15, 0.2) is 0 Å². The van der Waals surface area contributed by atoms with Gasteiger partial charge in [-0.15, -0.1) is 0 Å². The van der Waals surface area contributed by atoms with E-state index in [1.807, 2.05) is 6.20 Å². The van der Waals surface area contributed by atoms with Gasteiger partial charge in [-0.05, 0) is 86.8 Å². The lowest BCUT2D eigenvalue weighted by Gasteiger charge is -2.24. The van der Waals surface area contributed by atoms with Crippen molar-refractivity contribution in [1.82, 2.24) is 14.1 Å². The van der Waals surface area contributed by atoms with Crippen LogP contribution >= 0.6 is 0 Å². The van der Waals surface area contributed by atoms with Crippen molar-refractivity contribution in [2.45, 2.75) is 26.2 Å². The Hall–Kier alpha value is -6.98. The predicted molar refractivity (Wildman–Crippen MR) is 229 cm³/mol. The van der Waals surface area contributed by atoms with Crippen molar-refractivity contribution >= 4 is 44.6 Å². The zero-order valence-corrected chi connectivity index (χ0v) is 31.9. The number of aromatic nitrogens is 4.